The Morgan fingerprint density at radius 1 is 1.43 bits per heavy atom. The summed E-state index contributed by atoms with van der Waals surface area (Å²) < 4.78 is 6.29. The van der Waals surface area contributed by atoms with Crippen LogP contribution in [-0.2, 0) is 0 Å². The molecule has 0 bridgehead atoms. The number of aliphatic hydroxyl groups is 1. The Balaban J connectivity index is 2.59. The van der Waals surface area contributed by atoms with Crippen molar-refractivity contribution in [3.63, 3.8) is 0 Å². The number of hydrogen-bond donors (Lipinski definition) is 1. The fraction of sp³-hybridized carbons (Fsp3) is 0.273. The van der Waals surface area contributed by atoms with Gasteiger partial charge in [-0.2, -0.15) is 0 Å². The minimum atomic E-state index is -0.405. The van der Waals surface area contributed by atoms with Gasteiger partial charge in [0.1, 0.15) is 5.75 Å². The molecule has 1 unspecified atom stereocenters. The van der Waals surface area contributed by atoms with Crippen molar-refractivity contribution in [2.75, 3.05) is 7.11 Å². The van der Waals surface area contributed by atoms with Crippen LogP contribution in [0, 0.1) is 0 Å². The molecule has 1 N–H and O–H groups in total. The molecule has 1 atom stereocenters. The highest BCUT2D eigenvalue weighted by atomic mass is 32.1. The largest absolute Gasteiger partial charge is 0.497 e. The Hall–Kier alpha value is -1.06. The van der Waals surface area contributed by atoms with E-state index >= 15 is 0 Å². The Labute approximate surface area is 86.8 Å². The Kier molecular flexibility index (Phi) is 2.44. The van der Waals surface area contributed by atoms with E-state index in [4.69, 9.17) is 4.74 Å². The molecule has 0 aliphatic carbocycles. The second-order valence-corrected chi connectivity index (χ2v) is 4.14. The lowest BCUT2D eigenvalue weighted by Crippen LogP contribution is -1.88. The second kappa shape index (κ2) is 3.59. The first-order valence-corrected chi connectivity index (χ1v) is 5.33. The summed E-state index contributed by atoms with van der Waals surface area (Å²) in [5.74, 6) is 0.858. The van der Waals surface area contributed by atoms with Crippen LogP contribution in [0.5, 0.6) is 5.75 Å². The summed E-state index contributed by atoms with van der Waals surface area (Å²) in [5, 5.41) is 12.6. The maximum atomic E-state index is 9.51. The van der Waals surface area contributed by atoms with E-state index in [1.807, 2.05) is 23.6 Å². The average molecular weight is 208 g/mol. The molecule has 3 heteroatoms. The molecule has 1 heterocycles. The molecule has 14 heavy (non-hydrogen) atoms. The number of fused-ring (bicyclic) bond motifs is 1. The molecule has 0 spiro atoms. The molecule has 0 aliphatic heterocycles. The molecule has 2 rings (SSSR count). The monoisotopic (exact) mass is 208 g/mol. The molecule has 2 aromatic rings. The fourth-order valence-electron chi connectivity index (χ4n) is 1.48. The highest BCUT2D eigenvalue weighted by Crippen LogP contribution is 2.32. The van der Waals surface area contributed by atoms with E-state index in [-0.39, 0.29) is 0 Å². The smallest absolute Gasteiger partial charge is 0.120 e. The van der Waals surface area contributed by atoms with Crippen LogP contribution in [0.4, 0.5) is 0 Å². The molecular weight excluding hydrogens is 196 g/mol. The van der Waals surface area contributed by atoms with Crippen LogP contribution in [-0.4, -0.2) is 12.2 Å². The molecule has 1 aromatic carbocycles. The predicted molar refractivity (Wildman–Crippen MR) is 59.0 cm³/mol. The zero-order valence-electron chi connectivity index (χ0n) is 8.15. The Morgan fingerprint density at radius 2 is 2.21 bits per heavy atom. The molecule has 0 saturated heterocycles. The van der Waals surface area contributed by atoms with Gasteiger partial charge in [-0.25, -0.2) is 0 Å². The standard InChI is InChI=1S/C11H12O2S/c1-7(12)10-6-14-11-5-8(13-2)3-4-9(10)11/h3-7,12H,1-2H3. The summed E-state index contributed by atoms with van der Waals surface area (Å²) in [7, 11) is 1.66. The summed E-state index contributed by atoms with van der Waals surface area (Å²) in [6.45, 7) is 1.78. The van der Waals surface area contributed by atoms with Gasteiger partial charge in [-0.15, -0.1) is 11.3 Å². The van der Waals surface area contributed by atoms with Gasteiger partial charge in [-0.05, 0) is 41.5 Å². The van der Waals surface area contributed by atoms with Crippen molar-refractivity contribution in [1.29, 1.82) is 0 Å². The zero-order valence-corrected chi connectivity index (χ0v) is 8.97. The minimum Gasteiger partial charge on any atom is -0.497 e. The first kappa shape index (κ1) is 9.49. The van der Waals surface area contributed by atoms with Gasteiger partial charge >= 0.3 is 0 Å². The summed E-state index contributed by atoms with van der Waals surface area (Å²) in [5.41, 5.74) is 0.993. The summed E-state index contributed by atoms with van der Waals surface area (Å²) in [6, 6.07) is 5.90. The molecule has 0 aliphatic rings. The lowest BCUT2D eigenvalue weighted by atomic mass is 10.1. The molecule has 2 nitrogen and oxygen atoms in total. The summed E-state index contributed by atoms with van der Waals surface area (Å²) >= 11 is 1.63. The molecule has 0 amide bonds. The van der Waals surface area contributed by atoms with E-state index in [0.29, 0.717) is 0 Å². The SMILES string of the molecule is COc1ccc2c(C(C)O)csc2c1. The zero-order chi connectivity index (χ0) is 10.1. The first-order chi connectivity index (χ1) is 6.72. The fourth-order valence-corrected chi connectivity index (χ4v) is 2.55. The topological polar surface area (TPSA) is 29.5 Å². The number of ether oxygens (including phenoxy) is 1. The van der Waals surface area contributed by atoms with Gasteiger partial charge in [0.15, 0.2) is 0 Å². The third-order valence-electron chi connectivity index (χ3n) is 2.26. The quantitative estimate of drug-likeness (QED) is 0.822. The third-order valence-corrected chi connectivity index (χ3v) is 3.23. The van der Waals surface area contributed by atoms with Gasteiger partial charge < -0.3 is 9.84 Å². The van der Waals surface area contributed by atoms with Gasteiger partial charge in [0.05, 0.1) is 13.2 Å². The highest BCUT2D eigenvalue weighted by molar-refractivity contribution is 7.17. The van der Waals surface area contributed by atoms with E-state index in [1.165, 1.54) is 0 Å². The lowest BCUT2D eigenvalue weighted by molar-refractivity contribution is 0.201. The van der Waals surface area contributed by atoms with Gasteiger partial charge in [0.2, 0.25) is 0 Å². The van der Waals surface area contributed by atoms with E-state index in [2.05, 4.69) is 0 Å². The first-order valence-electron chi connectivity index (χ1n) is 4.45. The molecule has 1 aromatic heterocycles. The van der Waals surface area contributed by atoms with Gasteiger partial charge in [-0.3, -0.25) is 0 Å². The summed E-state index contributed by atoms with van der Waals surface area (Å²) in [4.78, 5) is 0. The maximum absolute atomic E-state index is 9.51. The van der Waals surface area contributed by atoms with E-state index in [9.17, 15) is 5.11 Å². The van der Waals surface area contributed by atoms with Crippen LogP contribution < -0.4 is 4.74 Å². The van der Waals surface area contributed by atoms with Crippen LogP contribution in [0.3, 0.4) is 0 Å². The number of benzene rings is 1. The van der Waals surface area contributed by atoms with Crippen molar-refractivity contribution < 1.29 is 9.84 Å². The predicted octanol–water partition coefficient (Wildman–Crippen LogP) is 2.96. The number of aliphatic hydroxyl groups excluding tert-OH is 1. The van der Waals surface area contributed by atoms with Crippen LogP contribution >= 0.6 is 11.3 Å². The second-order valence-electron chi connectivity index (χ2n) is 3.23. The molecule has 0 fully saturated rings. The molecule has 0 saturated carbocycles. The Bertz CT molecular complexity index is 445. The van der Waals surface area contributed by atoms with Crippen molar-refractivity contribution in [1.82, 2.24) is 0 Å². The highest BCUT2D eigenvalue weighted by Gasteiger charge is 2.08. The van der Waals surface area contributed by atoms with Gasteiger partial charge in [-0.1, -0.05) is 0 Å². The van der Waals surface area contributed by atoms with Gasteiger partial charge in [0, 0.05) is 4.70 Å². The number of thiophene rings is 1. The third kappa shape index (κ3) is 1.49. The molecule has 0 radical (unpaired) electrons. The van der Waals surface area contributed by atoms with Crippen molar-refractivity contribution >= 4 is 21.4 Å². The van der Waals surface area contributed by atoms with Gasteiger partial charge in [0.25, 0.3) is 0 Å². The normalized spacial score (nSPS) is 13.1. The van der Waals surface area contributed by atoms with E-state index in [0.717, 1.165) is 21.4 Å². The Morgan fingerprint density at radius 3 is 2.86 bits per heavy atom. The van der Waals surface area contributed by atoms with Crippen molar-refractivity contribution in [2.45, 2.75) is 13.0 Å². The molecule has 74 valence electrons. The van der Waals surface area contributed by atoms with Crippen molar-refractivity contribution in [3.8, 4) is 5.75 Å². The van der Waals surface area contributed by atoms with Crippen molar-refractivity contribution in [2.24, 2.45) is 0 Å². The lowest BCUT2D eigenvalue weighted by Gasteiger charge is -2.03. The minimum absolute atomic E-state index is 0.405. The van der Waals surface area contributed by atoms with Crippen LogP contribution in [0.1, 0.15) is 18.6 Å². The maximum Gasteiger partial charge on any atom is 0.120 e. The average Bonchev–Trinajstić information content (AvgIpc) is 2.59. The van der Waals surface area contributed by atoms with E-state index in [1.54, 1.807) is 25.4 Å². The number of rotatable bonds is 2. The molecular formula is C11H12O2S. The van der Waals surface area contributed by atoms with E-state index < -0.39 is 6.10 Å². The number of hydrogen-bond acceptors (Lipinski definition) is 3. The summed E-state index contributed by atoms with van der Waals surface area (Å²) in [6.07, 6.45) is -0.405. The van der Waals surface area contributed by atoms with Crippen LogP contribution in [0.15, 0.2) is 23.6 Å². The van der Waals surface area contributed by atoms with Crippen LogP contribution in [0.2, 0.25) is 0 Å². The number of methoxy groups -OCH3 is 1. The van der Waals surface area contributed by atoms with Crippen LogP contribution in [0.25, 0.3) is 10.1 Å². The van der Waals surface area contributed by atoms with Crippen molar-refractivity contribution in [3.05, 3.63) is 29.1 Å².